The number of nitrogens with zero attached hydrogens (tertiary/aromatic N) is 3. The lowest BCUT2D eigenvalue weighted by Crippen LogP contribution is -2.52. The Balaban J connectivity index is 0.000000376. The van der Waals surface area contributed by atoms with Gasteiger partial charge in [-0.25, -0.2) is 4.21 Å². The highest BCUT2D eigenvalue weighted by molar-refractivity contribution is 7.98. The summed E-state index contributed by atoms with van der Waals surface area (Å²) < 4.78 is 28.8. The van der Waals surface area contributed by atoms with Crippen molar-refractivity contribution in [3.8, 4) is 5.75 Å². The quantitative estimate of drug-likeness (QED) is 0.326. The average Bonchev–Trinajstić information content (AvgIpc) is 3.29. The zero-order valence-corrected chi connectivity index (χ0v) is 35.1. The molecule has 0 aromatic heterocycles. The molecule has 2 bridgehead atoms. The van der Waals surface area contributed by atoms with Crippen molar-refractivity contribution in [2.75, 3.05) is 83.5 Å². The fourth-order valence-electron chi connectivity index (χ4n) is 8.88. The summed E-state index contributed by atoms with van der Waals surface area (Å²) in [6.07, 6.45) is 12.7. The van der Waals surface area contributed by atoms with Crippen LogP contribution in [0, 0.1) is 17.8 Å². The van der Waals surface area contributed by atoms with Crippen LogP contribution in [0.1, 0.15) is 74.4 Å². The maximum absolute atomic E-state index is 13.4. The molecule has 292 valence electrons. The van der Waals surface area contributed by atoms with Crippen molar-refractivity contribution in [2.45, 2.75) is 75.6 Å². The van der Waals surface area contributed by atoms with Gasteiger partial charge in [-0.15, -0.1) is 0 Å². The van der Waals surface area contributed by atoms with Crippen molar-refractivity contribution in [3.05, 3.63) is 70.3 Å². The van der Waals surface area contributed by atoms with Gasteiger partial charge in [0, 0.05) is 74.7 Å². The predicted molar refractivity (Wildman–Crippen MR) is 222 cm³/mol. The Morgan fingerprint density at radius 3 is 2.62 bits per heavy atom. The van der Waals surface area contributed by atoms with Crippen LogP contribution in [0.3, 0.4) is 0 Å². The van der Waals surface area contributed by atoms with E-state index in [1.165, 1.54) is 49.6 Å². The molecule has 1 saturated carbocycles. The van der Waals surface area contributed by atoms with Gasteiger partial charge in [-0.05, 0) is 125 Å². The van der Waals surface area contributed by atoms with Crippen LogP contribution < -0.4 is 14.4 Å². The van der Waals surface area contributed by atoms with E-state index in [2.05, 4.69) is 70.9 Å². The number of amides is 1. The minimum absolute atomic E-state index is 0.133. The number of carbonyl (C=O) groups excluding carboxylic acids is 1. The van der Waals surface area contributed by atoms with E-state index in [0.29, 0.717) is 24.0 Å². The molecule has 2 fully saturated rings. The number of likely N-dealkylation sites (N-methyl/N-ethyl adjacent to an activating group) is 1. The van der Waals surface area contributed by atoms with Gasteiger partial charge in [0.1, 0.15) is 16.7 Å². The molecular formula is C42H61ClN4O4S2. The summed E-state index contributed by atoms with van der Waals surface area (Å²) >= 11 is 8.37. The number of nitrogens with one attached hydrogen (secondary N) is 1. The first-order valence-electron chi connectivity index (χ1n) is 19.6. The van der Waals surface area contributed by atoms with Gasteiger partial charge in [-0.3, -0.25) is 14.4 Å². The zero-order valence-electron chi connectivity index (χ0n) is 32.7. The van der Waals surface area contributed by atoms with Crippen molar-refractivity contribution < 1.29 is 18.5 Å². The largest absolute Gasteiger partial charge is 0.490 e. The molecule has 2 aromatic rings. The van der Waals surface area contributed by atoms with Gasteiger partial charge >= 0.3 is 0 Å². The third-order valence-corrected chi connectivity index (χ3v) is 15.2. The number of hydrogen-bond acceptors (Lipinski definition) is 8. The third kappa shape index (κ3) is 9.32. The molecule has 11 heteroatoms. The minimum Gasteiger partial charge on any atom is -0.490 e. The molecular weight excluding hydrogens is 724 g/mol. The second kappa shape index (κ2) is 17.8. The highest BCUT2D eigenvalue weighted by Crippen LogP contribution is 2.49. The molecule has 53 heavy (non-hydrogen) atoms. The summed E-state index contributed by atoms with van der Waals surface area (Å²) in [5, 5.41) is 0.576. The smallest absolute Gasteiger partial charge is 0.263 e. The molecule has 2 aliphatic carbocycles. The topological polar surface area (TPSA) is 74.3 Å². The van der Waals surface area contributed by atoms with Gasteiger partial charge in [0.25, 0.3) is 5.91 Å². The number of anilines is 1. The number of thioether (sulfide) groups is 1. The van der Waals surface area contributed by atoms with Gasteiger partial charge in [0.15, 0.2) is 0 Å². The van der Waals surface area contributed by atoms with Crippen LogP contribution in [0.5, 0.6) is 5.75 Å². The molecule has 1 saturated heterocycles. The van der Waals surface area contributed by atoms with E-state index < -0.39 is 11.0 Å². The number of allylic oxidation sites excluding steroid dienone is 1. The zero-order chi connectivity index (χ0) is 37.8. The Hall–Kier alpha value is -2.08. The number of methoxy groups -OCH3 is 1. The summed E-state index contributed by atoms with van der Waals surface area (Å²) in [6.45, 7) is 14.7. The number of rotatable bonds is 4. The molecule has 1 spiro atoms. The van der Waals surface area contributed by atoms with Gasteiger partial charge in [-0.1, -0.05) is 36.7 Å². The molecule has 3 heterocycles. The maximum atomic E-state index is 13.4. The second-order valence-electron chi connectivity index (χ2n) is 16.3. The van der Waals surface area contributed by atoms with E-state index in [0.717, 1.165) is 68.1 Å². The molecule has 5 aliphatic rings. The van der Waals surface area contributed by atoms with Crippen molar-refractivity contribution >= 4 is 45.9 Å². The first-order valence-corrected chi connectivity index (χ1v) is 22.6. The van der Waals surface area contributed by atoms with Gasteiger partial charge < -0.3 is 19.3 Å². The molecule has 3 aliphatic heterocycles. The molecule has 8 nitrogen and oxygen atoms in total. The van der Waals surface area contributed by atoms with E-state index in [4.69, 9.17) is 21.1 Å². The summed E-state index contributed by atoms with van der Waals surface area (Å²) in [4.78, 5) is 20.8. The van der Waals surface area contributed by atoms with Gasteiger partial charge in [-0.2, -0.15) is 11.8 Å². The lowest BCUT2D eigenvalue weighted by Gasteiger charge is -2.49. The Bertz CT molecular complexity index is 1630. The van der Waals surface area contributed by atoms with E-state index in [1.54, 1.807) is 6.07 Å². The van der Waals surface area contributed by atoms with Crippen LogP contribution >= 0.6 is 23.4 Å². The lowest BCUT2D eigenvalue weighted by atomic mass is 9.64. The van der Waals surface area contributed by atoms with E-state index in [9.17, 15) is 9.00 Å². The van der Waals surface area contributed by atoms with E-state index in [-0.39, 0.29) is 28.1 Å². The summed E-state index contributed by atoms with van der Waals surface area (Å²) in [5.74, 6) is 2.70. The Morgan fingerprint density at radius 1 is 1.11 bits per heavy atom. The number of carbonyl (C=O) groups is 1. The van der Waals surface area contributed by atoms with E-state index >= 15 is 0 Å². The fourth-order valence-corrected chi connectivity index (χ4v) is 10.5. The number of aryl methyl sites for hydroxylation is 1. The van der Waals surface area contributed by atoms with Crippen molar-refractivity contribution in [2.24, 2.45) is 17.8 Å². The highest BCUT2D eigenvalue weighted by atomic mass is 35.5. The molecule has 1 N–H and O–H groups in total. The standard InChI is InChI=1S/C34H43ClN2O4S.C8H18N2S/c1-22-7-5-15-33(3,40-4)28-12-9-26(28)19-37-20-34(16-6-8-24-17-27(35)11-13-29(24)34)21-41-31-14-10-25(18-30(31)37)32(38)36-42(39)23(22)2;1-9-3-5-10(6-4-9)7-8-11-2/h5,10-11,13-15,17-18,22-23,26,28H,6-9,12,16,19-21H2,1-4H3,(H,36,38);3-8H2,1-2H3/b15-5+;/t22?,23?,26?,28?,33-,34-,42?;/m0./s1. The Kier molecular flexibility index (Phi) is 13.6. The minimum atomic E-state index is -1.51. The first-order chi connectivity index (χ1) is 25.4. The van der Waals surface area contributed by atoms with Crippen molar-refractivity contribution in [3.63, 3.8) is 0 Å². The molecule has 7 rings (SSSR count). The van der Waals surface area contributed by atoms with Gasteiger partial charge in [0.05, 0.1) is 23.1 Å². The summed E-state index contributed by atoms with van der Waals surface area (Å²) in [7, 11) is 2.50. The second-order valence-corrected chi connectivity index (χ2v) is 19.3. The normalized spacial score (nSPS) is 32.8. The van der Waals surface area contributed by atoms with Gasteiger partial charge in [0.2, 0.25) is 0 Å². The predicted octanol–water partition coefficient (Wildman–Crippen LogP) is 7.22. The van der Waals surface area contributed by atoms with Crippen molar-refractivity contribution in [1.29, 1.82) is 0 Å². The number of halogens is 1. The van der Waals surface area contributed by atoms with Crippen LogP contribution in [-0.4, -0.2) is 109 Å². The monoisotopic (exact) mass is 784 g/mol. The third-order valence-electron chi connectivity index (χ3n) is 12.8. The van der Waals surface area contributed by atoms with Crippen LogP contribution in [-0.2, 0) is 27.6 Å². The maximum Gasteiger partial charge on any atom is 0.263 e. The molecule has 5 unspecified atom stereocenters. The summed E-state index contributed by atoms with van der Waals surface area (Å²) in [5.41, 5.74) is 3.50. The number of hydrogen-bond donors (Lipinski definition) is 1. The number of ether oxygens (including phenoxy) is 2. The molecule has 7 atom stereocenters. The number of fused-ring (bicyclic) bond motifs is 4. The van der Waals surface area contributed by atoms with Crippen LogP contribution in [0.4, 0.5) is 5.69 Å². The molecule has 1 amide bonds. The van der Waals surface area contributed by atoms with Crippen LogP contribution in [0.15, 0.2) is 48.6 Å². The number of piperazine rings is 1. The molecule has 0 radical (unpaired) electrons. The van der Waals surface area contributed by atoms with E-state index in [1.807, 2.05) is 44.0 Å². The van der Waals surface area contributed by atoms with Crippen molar-refractivity contribution in [1.82, 2.24) is 14.5 Å². The SMILES string of the molecule is CO[C@@]1(C)/C=C/CC(C)C(C)S(=O)NC(=O)c2ccc3c(c2)N(CC2CCC21)C[C@@]1(CCCc2cc(Cl)ccc21)CO3.CSCCN1CCN(C)CC1. The number of benzene rings is 2. The fraction of sp³-hybridized carbons (Fsp3) is 0.643. The first kappa shape index (κ1) is 40.6. The Morgan fingerprint density at radius 2 is 1.91 bits per heavy atom. The average molecular weight is 786 g/mol. The van der Waals surface area contributed by atoms with Crippen LogP contribution in [0.2, 0.25) is 5.02 Å². The highest BCUT2D eigenvalue weighted by Gasteiger charge is 2.47. The summed E-state index contributed by atoms with van der Waals surface area (Å²) in [6, 6.07) is 12.0. The molecule has 2 aromatic carbocycles. The Labute approximate surface area is 330 Å². The lowest BCUT2D eigenvalue weighted by molar-refractivity contribution is -0.0622. The van der Waals surface area contributed by atoms with Crippen LogP contribution in [0.25, 0.3) is 0 Å².